The van der Waals surface area contributed by atoms with E-state index in [2.05, 4.69) is 24.8 Å². The Labute approximate surface area is 108 Å². The van der Waals surface area contributed by atoms with Crippen LogP contribution >= 0.6 is 0 Å². The Kier molecular flexibility index (Phi) is 4.02. The Morgan fingerprint density at radius 1 is 1.50 bits per heavy atom. The quantitative estimate of drug-likeness (QED) is 0.889. The first kappa shape index (κ1) is 13.1. The lowest BCUT2D eigenvalue weighted by atomic mass is 9.97. The Hall–Kier alpha value is -1.35. The van der Waals surface area contributed by atoms with E-state index in [0.717, 1.165) is 26.1 Å². The zero-order valence-electron chi connectivity index (χ0n) is 11.1. The fourth-order valence-electron chi connectivity index (χ4n) is 2.71. The van der Waals surface area contributed by atoms with Crippen LogP contribution in [0.1, 0.15) is 42.1 Å². The van der Waals surface area contributed by atoms with Gasteiger partial charge in [0.05, 0.1) is 5.56 Å². The van der Waals surface area contributed by atoms with Crippen LogP contribution in [0.3, 0.4) is 0 Å². The summed E-state index contributed by atoms with van der Waals surface area (Å²) in [6.07, 6.45) is 1.13. The molecule has 1 aromatic rings. The molecule has 3 nitrogen and oxygen atoms in total. The predicted octanol–water partition coefficient (Wildman–Crippen LogP) is 2.83. The Bertz CT molecular complexity index is 428. The molecular formula is C15H21NO2. The van der Waals surface area contributed by atoms with Gasteiger partial charge in [0.15, 0.2) is 0 Å². The molecule has 98 valence electrons. The minimum absolute atomic E-state index is 0.398. The fourth-order valence-corrected chi connectivity index (χ4v) is 2.71. The normalized spacial score (nSPS) is 20.5. The third-order valence-electron chi connectivity index (χ3n) is 3.50. The van der Waals surface area contributed by atoms with E-state index in [1.165, 1.54) is 5.56 Å². The van der Waals surface area contributed by atoms with Crippen LogP contribution in [0.2, 0.25) is 0 Å². The van der Waals surface area contributed by atoms with Gasteiger partial charge in [-0.3, -0.25) is 0 Å². The monoisotopic (exact) mass is 247 g/mol. The second-order valence-electron chi connectivity index (χ2n) is 5.57. The van der Waals surface area contributed by atoms with Crippen LogP contribution in [-0.4, -0.2) is 35.6 Å². The topological polar surface area (TPSA) is 40.5 Å². The van der Waals surface area contributed by atoms with Crippen molar-refractivity contribution in [2.24, 2.45) is 5.92 Å². The van der Waals surface area contributed by atoms with Gasteiger partial charge in [0.25, 0.3) is 0 Å². The van der Waals surface area contributed by atoms with Crippen molar-refractivity contribution in [3.63, 3.8) is 0 Å². The van der Waals surface area contributed by atoms with Crippen LogP contribution in [0.15, 0.2) is 24.3 Å². The van der Waals surface area contributed by atoms with Crippen molar-refractivity contribution in [3.8, 4) is 0 Å². The van der Waals surface area contributed by atoms with Crippen molar-refractivity contribution in [1.29, 1.82) is 0 Å². The van der Waals surface area contributed by atoms with E-state index in [4.69, 9.17) is 5.11 Å². The number of carbonyl (C=O) groups is 1. The molecule has 1 aliphatic heterocycles. The Morgan fingerprint density at radius 2 is 2.28 bits per heavy atom. The summed E-state index contributed by atoms with van der Waals surface area (Å²) in [5.74, 6) is 0.339. The maximum atomic E-state index is 11.0. The third kappa shape index (κ3) is 3.10. The maximum Gasteiger partial charge on any atom is 0.335 e. The van der Waals surface area contributed by atoms with Gasteiger partial charge in [0.1, 0.15) is 0 Å². The zero-order valence-corrected chi connectivity index (χ0v) is 11.1. The molecule has 1 heterocycles. The summed E-state index contributed by atoms with van der Waals surface area (Å²) in [6, 6.07) is 7.39. The number of aromatic carboxylic acids is 1. The van der Waals surface area contributed by atoms with Crippen molar-refractivity contribution in [3.05, 3.63) is 35.4 Å². The first-order valence-electron chi connectivity index (χ1n) is 6.62. The number of hydrogen-bond acceptors (Lipinski definition) is 2. The number of hydrogen-bond donors (Lipinski definition) is 1. The van der Waals surface area contributed by atoms with Gasteiger partial charge in [-0.25, -0.2) is 4.79 Å². The SMILES string of the molecule is CC(C)CN1CCC(c2cccc(C(=O)O)c2)C1. The molecule has 1 fully saturated rings. The predicted molar refractivity (Wildman–Crippen MR) is 72.0 cm³/mol. The number of carboxylic acid groups (broad SMARTS) is 1. The lowest BCUT2D eigenvalue weighted by molar-refractivity contribution is 0.0696. The van der Waals surface area contributed by atoms with Crippen molar-refractivity contribution in [2.75, 3.05) is 19.6 Å². The highest BCUT2D eigenvalue weighted by molar-refractivity contribution is 5.87. The van der Waals surface area contributed by atoms with Gasteiger partial charge in [-0.15, -0.1) is 0 Å². The average molecular weight is 247 g/mol. The first-order valence-corrected chi connectivity index (χ1v) is 6.62. The lowest BCUT2D eigenvalue weighted by Gasteiger charge is -2.18. The summed E-state index contributed by atoms with van der Waals surface area (Å²) in [7, 11) is 0. The Balaban J connectivity index is 2.05. The molecule has 0 amide bonds. The largest absolute Gasteiger partial charge is 0.478 e. The van der Waals surface area contributed by atoms with E-state index in [9.17, 15) is 4.79 Å². The second-order valence-corrected chi connectivity index (χ2v) is 5.57. The third-order valence-corrected chi connectivity index (χ3v) is 3.50. The minimum Gasteiger partial charge on any atom is -0.478 e. The highest BCUT2D eigenvalue weighted by Gasteiger charge is 2.24. The molecule has 1 aliphatic rings. The number of carboxylic acids is 1. The van der Waals surface area contributed by atoms with Crippen molar-refractivity contribution in [1.82, 2.24) is 4.90 Å². The Morgan fingerprint density at radius 3 is 2.94 bits per heavy atom. The van der Waals surface area contributed by atoms with Gasteiger partial charge in [-0.05, 0) is 42.5 Å². The van der Waals surface area contributed by atoms with Crippen molar-refractivity contribution in [2.45, 2.75) is 26.2 Å². The van der Waals surface area contributed by atoms with Crippen molar-refractivity contribution < 1.29 is 9.90 Å². The molecule has 1 atom stereocenters. The minimum atomic E-state index is -0.839. The summed E-state index contributed by atoms with van der Waals surface area (Å²) in [6.45, 7) is 7.78. The smallest absolute Gasteiger partial charge is 0.335 e. The fraction of sp³-hybridized carbons (Fsp3) is 0.533. The van der Waals surface area contributed by atoms with E-state index in [0.29, 0.717) is 17.4 Å². The summed E-state index contributed by atoms with van der Waals surface area (Å²) >= 11 is 0. The van der Waals surface area contributed by atoms with Crippen molar-refractivity contribution >= 4 is 5.97 Å². The van der Waals surface area contributed by atoms with E-state index in [1.54, 1.807) is 6.07 Å². The molecule has 2 rings (SSSR count). The summed E-state index contributed by atoms with van der Waals surface area (Å²) < 4.78 is 0. The van der Waals surface area contributed by atoms with E-state index in [-0.39, 0.29) is 0 Å². The summed E-state index contributed by atoms with van der Waals surface area (Å²) in [4.78, 5) is 13.4. The van der Waals surface area contributed by atoms with Gasteiger partial charge >= 0.3 is 5.97 Å². The highest BCUT2D eigenvalue weighted by atomic mass is 16.4. The van der Waals surface area contributed by atoms with Crippen LogP contribution in [0.5, 0.6) is 0 Å². The molecule has 3 heteroatoms. The molecule has 1 N–H and O–H groups in total. The molecule has 0 aromatic heterocycles. The van der Waals surface area contributed by atoms with Gasteiger partial charge in [-0.2, -0.15) is 0 Å². The molecule has 1 unspecified atom stereocenters. The molecule has 0 aliphatic carbocycles. The molecule has 1 aromatic carbocycles. The highest BCUT2D eigenvalue weighted by Crippen LogP contribution is 2.28. The molecule has 1 saturated heterocycles. The van der Waals surface area contributed by atoms with Crippen LogP contribution in [0.4, 0.5) is 0 Å². The van der Waals surface area contributed by atoms with Crippen LogP contribution < -0.4 is 0 Å². The molecule has 0 spiro atoms. The van der Waals surface area contributed by atoms with E-state index >= 15 is 0 Å². The molecular weight excluding hydrogens is 226 g/mol. The van der Waals surface area contributed by atoms with Crippen LogP contribution in [-0.2, 0) is 0 Å². The second kappa shape index (κ2) is 5.53. The average Bonchev–Trinajstić information content (AvgIpc) is 2.77. The number of likely N-dealkylation sites (tertiary alicyclic amines) is 1. The number of nitrogens with zero attached hydrogens (tertiary/aromatic N) is 1. The van der Waals surface area contributed by atoms with Crippen LogP contribution in [0.25, 0.3) is 0 Å². The summed E-state index contributed by atoms with van der Waals surface area (Å²) in [5, 5.41) is 9.01. The zero-order chi connectivity index (χ0) is 13.1. The van der Waals surface area contributed by atoms with Gasteiger partial charge < -0.3 is 10.0 Å². The van der Waals surface area contributed by atoms with Gasteiger partial charge in [-0.1, -0.05) is 26.0 Å². The van der Waals surface area contributed by atoms with E-state index in [1.807, 2.05) is 12.1 Å². The van der Waals surface area contributed by atoms with E-state index < -0.39 is 5.97 Å². The molecule has 0 bridgehead atoms. The number of rotatable bonds is 4. The molecule has 18 heavy (non-hydrogen) atoms. The first-order chi connectivity index (χ1) is 8.56. The van der Waals surface area contributed by atoms with Gasteiger partial charge in [0.2, 0.25) is 0 Å². The standard InChI is InChI=1S/C15H21NO2/c1-11(2)9-16-7-6-14(10-16)12-4-3-5-13(8-12)15(17)18/h3-5,8,11,14H,6-7,9-10H2,1-2H3,(H,17,18). The maximum absolute atomic E-state index is 11.0. The lowest BCUT2D eigenvalue weighted by Crippen LogP contribution is -2.24. The number of benzene rings is 1. The van der Waals surface area contributed by atoms with Gasteiger partial charge in [0, 0.05) is 13.1 Å². The summed E-state index contributed by atoms with van der Waals surface area (Å²) in [5.41, 5.74) is 1.57. The molecule has 0 radical (unpaired) electrons. The molecule has 0 saturated carbocycles. The van der Waals surface area contributed by atoms with Crippen LogP contribution in [0, 0.1) is 5.92 Å².